The van der Waals surface area contributed by atoms with Crippen molar-refractivity contribution in [1.29, 1.82) is 0 Å². The van der Waals surface area contributed by atoms with Gasteiger partial charge in [-0.15, -0.1) is 0 Å². The van der Waals surface area contributed by atoms with E-state index >= 15 is 0 Å². The van der Waals surface area contributed by atoms with Crippen LogP contribution >= 0.6 is 0 Å². The van der Waals surface area contributed by atoms with Crippen LogP contribution in [0.2, 0.25) is 0 Å². The summed E-state index contributed by atoms with van der Waals surface area (Å²) in [5, 5.41) is 0. The zero-order chi connectivity index (χ0) is 23.4. The number of amides is 1. The first-order valence-corrected chi connectivity index (χ1v) is 11.4. The molecule has 4 rings (SSSR count). The summed E-state index contributed by atoms with van der Waals surface area (Å²) in [6, 6.07) is 19.7. The molecule has 0 saturated carbocycles. The van der Waals surface area contributed by atoms with Crippen molar-refractivity contribution in [2.24, 2.45) is 4.99 Å². The van der Waals surface area contributed by atoms with Crippen molar-refractivity contribution in [3.8, 4) is 0 Å². The summed E-state index contributed by atoms with van der Waals surface area (Å²) in [5.74, 6) is 1.54. The van der Waals surface area contributed by atoms with Gasteiger partial charge in [0.05, 0.1) is 18.5 Å². The predicted molar refractivity (Wildman–Crippen MR) is 132 cm³/mol. The Hall–Kier alpha value is -3.38. The highest BCUT2D eigenvalue weighted by Gasteiger charge is 2.39. The molecule has 1 amide bonds. The summed E-state index contributed by atoms with van der Waals surface area (Å²) < 4.78 is 5.65. The molecule has 0 radical (unpaired) electrons. The van der Waals surface area contributed by atoms with Gasteiger partial charge in [0.15, 0.2) is 0 Å². The second kappa shape index (κ2) is 10.0. The van der Waals surface area contributed by atoms with E-state index in [1.54, 1.807) is 11.2 Å². The van der Waals surface area contributed by atoms with E-state index in [9.17, 15) is 4.79 Å². The van der Waals surface area contributed by atoms with Gasteiger partial charge in [-0.25, -0.2) is 9.89 Å². The molecule has 0 bridgehead atoms. The maximum atomic E-state index is 13.8. The molecule has 0 N–H and O–H groups in total. The molecule has 6 heteroatoms. The molecule has 0 spiro atoms. The smallest absolute Gasteiger partial charge is 0.259 e. The van der Waals surface area contributed by atoms with E-state index in [-0.39, 0.29) is 5.91 Å². The number of likely N-dealkylation sites (N-methyl/N-ethyl adjacent to an activating group) is 1. The van der Waals surface area contributed by atoms with Crippen molar-refractivity contribution in [2.75, 3.05) is 32.1 Å². The molecule has 1 aliphatic rings. The molecule has 0 fully saturated rings. The van der Waals surface area contributed by atoms with E-state index in [2.05, 4.69) is 47.9 Å². The number of furan rings is 1. The number of nitrogens with zero attached hydrogens (tertiary/aromatic N) is 4. The minimum Gasteiger partial charge on any atom is -0.467 e. The Kier molecular flexibility index (Phi) is 6.94. The minimum atomic E-state index is -0.457. The van der Waals surface area contributed by atoms with Crippen LogP contribution in [0.3, 0.4) is 0 Å². The molecule has 1 unspecified atom stereocenters. The molecule has 1 aromatic heterocycles. The largest absolute Gasteiger partial charge is 0.467 e. The molecule has 0 saturated heterocycles. The number of hydrogen-bond acceptors (Lipinski definition) is 5. The molecular weight excluding hydrogens is 412 g/mol. The van der Waals surface area contributed by atoms with E-state index in [0.717, 1.165) is 35.7 Å². The van der Waals surface area contributed by atoms with Crippen LogP contribution in [0.25, 0.3) is 0 Å². The van der Waals surface area contributed by atoms with Crippen LogP contribution in [0.5, 0.6) is 0 Å². The lowest BCUT2D eigenvalue weighted by Crippen LogP contribution is -2.47. The van der Waals surface area contributed by atoms with Crippen molar-refractivity contribution in [2.45, 2.75) is 32.9 Å². The van der Waals surface area contributed by atoms with Gasteiger partial charge in [0.2, 0.25) is 5.96 Å². The normalized spacial score (nSPS) is 15.9. The fourth-order valence-electron chi connectivity index (χ4n) is 4.14. The van der Waals surface area contributed by atoms with Gasteiger partial charge in [-0.05, 0) is 57.3 Å². The Labute approximate surface area is 196 Å². The number of aryl methyl sites for hydroxylation is 2. The maximum absolute atomic E-state index is 13.8. The van der Waals surface area contributed by atoms with Gasteiger partial charge in [0.1, 0.15) is 11.8 Å². The van der Waals surface area contributed by atoms with Crippen LogP contribution in [-0.2, 0) is 17.8 Å². The summed E-state index contributed by atoms with van der Waals surface area (Å²) in [4.78, 5) is 24.9. The molecule has 1 atom stereocenters. The SMILES string of the molecule is Cc1ccc(N2C(=O)C(Cc3ccccc3)N=C2N(CCN(C)C)Cc2ccco2)c(C)c1. The number of anilines is 1. The molecule has 1 aliphatic heterocycles. The second-order valence-corrected chi connectivity index (χ2v) is 8.90. The molecule has 0 aliphatic carbocycles. The molecule has 172 valence electrons. The molecule has 3 aromatic rings. The van der Waals surface area contributed by atoms with Gasteiger partial charge < -0.3 is 14.2 Å². The Morgan fingerprint density at radius 1 is 1.00 bits per heavy atom. The van der Waals surface area contributed by atoms with Gasteiger partial charge >= 0.3 is 0 Å². The zero-order valence-corrected chi connectivity index (χ0v) is 19.9. The number of carbonyl (C=O) groups is 1. The number of rotatable bonds is 8. The summed E-state index contributed by atoms with van der Waals surface area (Å²) in [7, 11) is 4.10. The van der Waals surface area contributed by atoms with E-state index in [1.165, 1.54) is 5.56 Å². The summed E-state index contributed by atoms with van der Waals surface area (Å²) in [6.07, 6.45) is 2.26. The summed E-state index contributed by atoms with van der Waals surface area (Å²) in [5.41, 5.74) is 4.21. The fourth-order valence-corrected chi connectivity index (χ4v) is 4.14. The van der Waals surface area contributed by atoms with Crippen LogP contribution in [0.15, 0.2) is 76.3 Å². The quantitative estimate of drug-likeness (QED) is 0.521. The van der Waals surface area contributed by atoms with E-state index in [0.29, 0.717) is 18.9 Å². The third-order valence-corrected chi connectivity index (χ3v) is 5.87. The zero-order valence-electron chi connectivity index (χ0n) is 19.9. The molecular formula is C27H32N4O2. The Morgan fingerprint density at radius 3 is 2.45 bits per heavy atom. The van der Waals surface area contributed by atoms with E-state index in [4.69, 9.17) is 9.41 Å². The number of aliphatic imine (C=N–C) groups is 1. The highest BCUT2D eigenvalue weighted by Crippen LogP contribution is 2.29. The van der Waals surface area contributed by atoms with Crippen LogP contribution in [-0.4, -0.2) is 54.9 Å². The lowest BCUT2D eigenvalue weighted by atomic mass is 10.1. The van der Waals surface area contributed by atoms with Crippen molar-refractivity contribution < 1.29 is 9.21 Å². The Morgan fingerprint density at radius 2 is 1.79 bits per heavy atom. The van der Waals surface area contributed by atoms with Crippen molar-refractivity contribution in [1.82, 2.24) is 9.80 Å². The van der Waals surface area contributed by atoms with Gasteiger partial charge in [0, 0.05) is 19.5 Å². The summed E-state index contributed by atoms with van der Waals surface area (Å²) >= 11 is 0. The molecule has 33 heavy (non-hydrogen) atoms. The lowest BCUT2D eigenvalue weighted by molar-refractivity contribution is -0.118. The second-order valence-electron chi connectivity index (χ2n) is 8.90. The standard InChI is InChI=1S/C27H32N4O2/c1-20-12-13-25(21(2)17-20)31-26(32)24(18-22-9-6-5-7-10-22)28-27(31)30(15-14-29(3)4)19-23-11-8-16-33-23/h5-13,16-17,24H,14-15,18-19H2,1-4H3. The number of guanidine groups is 1. The fraction of sp³-hybridized carbons (Fsp3) is 0.333. The minimum absolute atomic E-state index is 0.00936. The Balaban J connectivity index is 1.73. The average molecular weight is 445 g/mol. The summed E-state index contributed by atoms with van der Waals surface area (Å²) in [6.45, 7) is 6.22. The van der Waals surface area contributed by atoms with Crippen LogP contribution < -0.4 is 4.90 Å². The van der Waals surface area contributed by atoms with Crippen LogP contribution in [0, 0.1) is 13.8 Å². The number of carbonyl (C=O) groups excluding carboxylic acids is 1. The third kappa shape index (κ3) is 5.34. The number of benzene rings is 2. The van der Waals surface area contributed by atoms with Gasteiger partial charge in [-0.3, -0.25) is 4.79 Å². The van der Waals surface area contributed by atoms with E-state index in [1.807, 2.05) is 50.5 Å². The lowest BCUT2D eigenvalue weighted by Gasteiger charge is -2.31. The van der Waals surface area contributed by atoms with Gasteiger partial charge in [-0.2, -0.15) is 0 Å². The molecule has 2 heterocycles. The highest BCUT2D eigenvalue weighted by atomic mass is 16.3. The molecule has 6 nitrogen and oxygen atoms in total. The predicted octanol–water partition coefficient (Wildman–Crippen LogP) is 4.27. The van der Waals surface area contributed by atoms with Gasteiger partial charge in [0.25, 0.3) is 5.91 Å². The van der Waals surface area contributed by atoms with Crippen molar-refractivity contribution >= 4 is 17.6 Å². The van der Waals surface area contributed by atoms with Crippen LogP contribution in [0.1, 0.15) is 22.5 Å². The topological polar surface area (TPSA) is 52.3 Å². The van der Waals surface area contributed by atoms with Crippen LogP contribution in [0.4, 0.5) is 5.69 Å². The van der Waals surface area contributed by atoms with Gasteiger partial charge in [-0.1, -0.05) is 48.0 Å². The highest BCUT2D eigenvalue weighted by molar-refractivity contribution is 6.22. The van der Waals surface area contributed by atoms with Crippen molar-refractivity contribution in [3.05, 3.63) is 89.4 Å². The first kappa shape index (κ1) is 22.8. The average Bonchev–Trinajstić information content (AvgIpc) is 3.40. The van der Waals surface area contributed by atoms with E-state index < -0.39 is 6.04 Å². The first-order chi connectivity index (χ1) is 15.9. The van der Waals surface area contributed by atoms with Crippen molar-refractivity contribution in [3.63, 3.8) is 0 Å². The third-order valence-electron chi connectivity index (χ3n) is 5.87. The first-order valence-electron chi connectivity index (χ1n) is 11.4. The number of hydrogen-bond donors (Lipinski definition) is 0. The maximum Gasteiger partial charge on any atom is 0.259 e. The molecule has 2 aromatic carbocycles. The Bertz CT molecular complexity index is 1110. The monoisotopic (exact) mass is 444 g/mol.